The summed E-state index contributed by atoms with van der Waals surface area (Å²) < 4.78 is 50.9. The number of nitrogens with one attached hydrogen (secondary N) is 1. The Bertz CT molecular complexity index is 1130. The number of nitrogens with zero attached hydrogens (tertiary/aromatic N) is 3. The van der Waals surface area contributed by atoms with Crippen molar-refractivity contribution in [2.24, 2.45) is 0 Å². The number of methoxy groups -OCH3 is 1. The van der Waals surface area contributed by atoms with Crippen LogP contribution in [0.3, 0.4) is 0 Å². The van der Waals surface area contributed by atoms with E-state index in [0.717, 1.165) is 31.5 Å². The minimum atomic E-state index is -3.02. The van der Waals surface area contributed by atoms with E-state index in [1.807, 2.05) is 4.57 Å². The van der Waals surface area contributed by atoms with Gasteiger partial charge in [-0.25, -0.2) is 4.39 Å². The molecule has 0 spiro atoms. The summed E-state index contributed by atoms with van der Waals surface area (Å²) >= 11 is 0. The van der Waals surface area contributed by atoms with E-state index < -0.39 is 18.3 Å². The molecular weight excluding hydrogens is 425 g/mol. The summed E-state index contributed by atoms with van der Waals surface area (Å²) in [6.45, 7) is -2.31. The van der Waals surface area contributed by atoms with E-state index in [0.29, 0.717) is 18.1 Å². The third-order valence-corrected chi connectivity index (χ3v) is 5.22. The van der Waals surface area contributed by atoms with Gasteiger partial charge in [0, 0.05) is 24.2 Å². The fraction of sp³-hybridized carbons (Fsp3) is 0.318. The Hall–Kier alpha value is -3.56. The van der Waals surface area contributed by atoms with Crippen molar-refractivity contribution in [3.8, 4) is 22.9 Å². The summed E-state index contributed by atoms with van der Waals surface area (Å²) in [5.74, 6) is 0.0527. The largest absolute Gasteiger partial charge is 0.493 e. The number of carbonyl (C=O) groups excluding carboxylic acids is 1. The van der Waals surface area contributed by atoms with Gasteiger partial charge in [-0.2, -0.15) is 8.78 Å². The number of fused-ring (bicyclic) bond motifs is 1. The summed E-state index contributed by atoms with van der Waals surface area (Å²) in [5, 5.41) is 11.1. The first-order valence-corrected chi connectivity index (χ1v) is 10.1. The van der Waals surface area contributed by atoms with E-state index in [4.69, 9.17) is 4.74 Å². The number of hydrogen-bond donors (Lipinski definition) is 1. The molecule has 0 unspecified atom stereocenters. The number of aromatic nitrogens is 3. The van der Waals surface area contributed by atoms with Crippen LogP contribution >= 0.6 is 0 Å². The standard InChI is InChI=1S/C22H21F3N4O3/c1-31-18-11-13(6-9-17(18)32-22(24)25)21(30)26-14-7-8-16(23)15(12-14)20-28-27-19-5-3-2-4-10-29(19)20/h6-9,11-12,22H,2-5,10H2,1H3,(H,26,30). The van der Waals surface area contributed by atoms with E-state index in [-0.39, 0.29) is 22.6 Å². The zero-order valence-corrected chi connectivity index (χ0v) is 17.3. The number of benzene rings is 2. The van der Waals surface area contributed by atoms with Crippen molar-refractivity contribution < 1.29 is 27.4 Å². The predicted molar refractivity (Wildman–Crippen MR) is 111 cm³/mol. The zero-order chi connectivity index (χ0) is 22.7. The topological polar surface area (TPSA) is 78.3 Å². The fourth-order valence-corrected chi connectivity index (χ4v) is 3.66. The van der Waals surface area contributed by atoms with Gasteiger partial charge in [-0.3, -0.25) is 4.79 Å². The molecule has 0 saturated carbocycles. The molecule has 2 aromatic carbocycles. The molecule has 0 aliphatic carbocycles. The lowest BCUT2D eigenvalue weighted by Gasteiger charge is -2.12. The van der Waals surface area contributed by atoms with Gasteiger partial charge in [0.2, 0.25) is 0 Å². The van der Waals surface area contributed by atoms with Gasteiger partial charge >= 0.3 is 6.61 Å². The van der Waals surface area contributed by atoms with Gasteiger partial charge in [-0.05, 0) is 49.2 Å². The third kappa shape index (κ3) is 4.53. The lowest BCUT2D eigenvalue weighted by molar-refractivity contribution is -0.0512. The Morgan fingerprint density at radius 2 is 1.94 bits per heavy atom. The summed E-state index contributed by atoms with van der Waals surface area (Å²) in [6, 6.07) is 8.03. The van der Waals surface area contributed by atoms with Crippen LogP contribution in [0, 0.1) is 5.82 Å². The van der Waals surface area contributed by atoms with Crippen LogP contribution in [0.2, 0.25) is 0 Å². The highest BCUT2D eigenvalue weighted by Gasteiger charge is 2.20. The van der Waals surface area contributed by atoms with Crippen LogP contribution in [0.25, 0.3) is 11.4 Å². The number of aryl methyl sites for hydroxylation is 1. The molecule has 0 bridgehead atoms. The second-order valence-corrected chi connectivity index (χ2v) is 7.30. The molecular formula is C22H21F3N4O3. The Morgan fingerprint density at radius 1 is 1.09 bits per heavy atom. The first kappa shape index (κ1) is 21.7. The summed E-state index contributed by atoms with van der Waals surface area (Å²) in [7, 11) is 1.28. The summed E-state index contributed by atoms with van der Waals surface area (Å²) in [6.07, 6.45) is 3.84. The number of amides is 1. The zero-order valence-electron chi connectivity index (χ0n) is 17.3. The SMILES string of the molecule is COc1cc(C(=O)Nc2ccc(F)c(-c3nnc4n3CCCCC4)c2)ccc1OC(F)F. The number of anilines is 1. The third-order valence-electron chi connectivity index (χ3n) is 5.22. The van der Waals surface area contributed by atoms with Crippen molar-refractivity contribution >= 4 is 11.6 Å². The van der Waals surface area contributed by atoms with Crippen LogP contribution in [0.1, 0.15) is 35.4 Å². The first-order chi connectivity index (χ1) is 15.5. The minimum absolute atomic E-state index is 0.0103. The van der Waals surface area contributed by atoms with E-state index in [1.54, 1.807) is 0 Å². The molecule has 168 valence electrons. The Kier molecular flexibility index (Phi) is 6.29. The van der Waals surface area contributed by atoms with Gasteiger partial charge in [0.05, 0.1) is 12.7 Å². The van der Waals surface area contributed by atoms with Crippen molar-refractivity contribution in [1.29, 1.82) is 0 Å². The van der Waals surface area contributed by atoms with E-state index >= 15 is 0 Å². The van der Waals surface area contributed by atoms with Gasteiger partial charge in [-0.15, -0.1) is 10.2 Å². The van der Waals surface area contributed by atoms with Gasteiger partial charge in [0.1, 0.15) is 11.6 Å². The highest BCUT2D eigenvalue weighted by Crippen LogP contribution is 2.31. The average molecular weight is 446 g/mol. The van der Waals surface area contributed by atoms with Crippen LogP contribution < -0.4 is 14.8 Å². The molecule has 32 heavy (non-hydrogen) atoms. The minimum Gasteiger partial charge on any atom is -0.493 e. The van der Waals surface area contributed by atoms with Gasteiger partial charge < -0.3 is 19.4 Å². The molecule has 4 rings (SSSR count). The van der Waals surface area contributed by atoms with Gasteiger partial charge in [0.25, 0.3) is 5.91 Å². The molecule has 1 aliphatic heterocycles. The molecule has 2 heterocycles. The molecule has 3 aromatic rings. The quantitative estimate of drug-likeness (QED) is 0.595. The molecule has 10 heteroatoms. The fourth-order valence-electron chi connectivity index (χ4n) is 3.66. The molecule has 0 radical (unpaired) electrons. The number of carbonyl (C=O) groups is 1. The highest BCUT2D eigenvalue weighted by atomic mass is 19.3. The van der Waals surface area contributed by atoms with Crippen LogP contribution in [0.5, 0.6) is 11.5 Å². The van der Waals surface area contributed by atoms with Crippen LogP contribution in [-0.4, -0.2) is 34.4 Å². The second-order valence-electron chi connectivity index (χ2n) is 7.30. The number of ether oxygens (including phenoxy) is 2. The van der Waals surface area contributed by atoms with Crippen LogP contribution in [0.15, 0.2) is 36.4 Å². The highest BCUT2D eigenvalue weighted by molar-refractivity contribution is 6.04. The van der Waals surface area contributed by atoms with Crippen molar-refractivity contribution in [2.75, 3.05) is 12.4 Å². The van der Waals surface area contributed by atoms with Gasteiger partial charge in [0.15, 0.2) is 17.3 Å². The Balaban J connectivity index is 1.58. The lowest BCUT2D eigenvalue weighted by atomic mass is 10.1. The maximum Gasteiger partial charge on any atom is 0.387 e. The molecule has 0 saturated heterocycles. The molecule has 1 amide bonds. The molecule has 1 aromatic heterocycles. The summed E-state index contributed by atoms with van der Waals surface area (Å²) in [5.41, 5.74) is 0.747. The molecule has 0 atom stereocenters. The average Bonchev–Trinajstić information content (AvgIpc) is 3.02. The number of halogens is 3. The van der Waals surface area contributed by atoms with Crippen molar-refractivity contribution in [3.63, 3.8) is 0 Å². The molecule has 7 nitrogen and oxygen atoms in total. The van der Waals surface area contributed by atoms with Crippen molar-refractivity contribution in [3.05, 3.63) is 53.6 Å². The Labute approximate surface area is 182 Å². The monoisotopic (exact) mass is 446 g/mol. The first-order valence-electron chi connectivity index (χ1n) is 10.1. The molecule has 0 fully saturated rings. The maximum absolute atomic E-state index is 14.6. The van der Waals surface area contributed by atoms with Crippen molar-refractivity contribution in [2.45, 2.75) is 38.8 Å². The molecule has 1 aliphatic rings. The van der Waals surface area contributed by atoms with E-state index in [1.165, 1.54) is 43.5 Å². The normalized spacial score (nSPS) is 13.4. The number of hydrogen-bond acceptors (Lipinski definition) is 5. The van der Waals surface area contributed by atoms with Crippen molar-refractivity contribution in [1.82, 2.24) is 14.8 Å². The van der Waals surface area contributed by atoms with E-state index in [2.05, 4.69) is 20.3 Å². The molecule has 1 N–H and O–H groups in total. The maximum atomic E-state index is 14.6. The van der Waals surface area contributed by atoms with Crippen LogP contribution in [-0.2, 0) is 13.0 Å². The van der Waals surface area contributed by atoms with Gasteiger partial charge in [-0.1, -0.05) is 6.42 Å². The van der Waals surface area contributed by atoms with E-state index in [9.17, 15) is 18.0 Å². The predicted octanol–water partition coefficient (Wildman–Crippen LogP) is 4.67. The smallest absolute Gasteiger partial charge is 0.387 e. The summed E-state index contributed by atoms with van der Waals surface area (Å²) in [4.78, 5) is 12.7. The number of alkyl halides is 2. The lowest BCUT2D eigenvalue weighted by Crippen LogP contribution is -2.13. The number of rotatable bonds is 6. The Morgan fingerprint density at radius 3 is 2.72 bits per heavy atom. The van der Waals surface area contributed by atoms with Crippen LogP contribution in [0.4, 0.5) is 18.9 Å². The second kappa shape index (κ2) is 9.29.